The third kappa shape index (κ3) is 1.96. The number of nitrogens with zero attached hydrogens (tertiary/aromatic N) is 3. The second kappa shape index (κ2) is 4.37. The van der Waals surface area contributed by atoms with Crippen molar-refractivity contribution in [2.24, 2.45) is 12.5 Å². The molecule has 6 heteroatoms. The summed E-state index contributed by atoms with van der Waals surface area (Å²) >= 11 is 3.50. The van der Waals surface area contributed by atoms with E-state index in [-0.39, 0.29) is 23.7 Å². The van der Waals surface area contributed by atoms with Crippen LogP contribution in [0.4, 0.5) is 8.78 Å². The minimum atomic E-state index is -2.48. The summed E-state index contributed by atoms with van der Waals surface area (Å²) in [7, 11) is 1.91. The maximum Gasteiger partial charge on any atom is 0.249 e. The Kier molecular flexibility index (Phi) is 2.84. The molecule has 0 saturated heterocycles. The molecule has 1 heterocycles. The van der Waals surface area contributed by atoms with Crippen molar-refractivity contribution in [2.75, 3.05) is 0 Å². The smallest absolute Gasteiger partial charge is 0.249 e. The summed E-state index contributed by atoms with van der Waals surface area (Å²) in [5.74, 6) is -1.62. The van der Waals surface area contributed by atoms with E-state index in [2.05, 4.69) is 38.3 Å². The first-order chi connectivity index (χ1) is 10.3. The lowest BCUT2D eigenvalue weighted by Crippen LogP contribution is -2.61. The molecule has 116 valence electrons. The quantitative estimate of drug-likeness (QED) is 0.800. The summed E-state index contributed by atoms with van der Waals surface area (Å²) in [5, 5.41) is 8.28. The van der Waals surface area contributed by atoms with E-state index in [0.717, 1.165) is 28.7 Å². The van der Waals surface area contributed by atoms with Gasteiger partial charge in [-0.15, -0.1) is 10.2 Å². The van der Waals surface area contributed by atoms with Gasteiger partial charge in [-0.2, -0.15) is 0 Å². The molecule has 2 aromatic rings. The van der Waals surface area contributed by atoms with Gasteiger partial charge in [0, 0.05) is 24.4 Å². The number of benzene rings is 1. The molecule has 0 N–H and O–H groups in total. The first kappa shape index (κ1) is 14.3. The third-order valence-electron chi connectivity index (χ3n) is 5.14. The molecule has 2 aliphatic carbocycles. The lowest BCUT2D eigenvalue weighted by Gasteiger charge is -2.62. The third-order valence-corrected chi connectivity index (χ3v) is 5.63. The number of aryl methyl sites for hydroxylation is 1. The van der Waals surface area contributed by atoms with Gasteiger partial charge in [-0.3, -0.25) is 0 Å². The van der Waals surface area contributed by atoms with Crippen LogP contribution >= 0.6 is 15.9 Å². The van der Waals surface area contributed by atoms with Gasteiger partial charge in [-0.05, 0) is 36.0 Å². The molecule has 0 bridgehead atoms. The van der Waals surface area contributed by atoms with Gasteiger partial charge in [-0.25, -0.2) is 8.78 Å². The highest BCUT2D eigenvalue weighted by Gasteiger charge is 2.68. The van der Waals surface area contributed by atoms with Gasteiger partial charge in [0.05, 0.1) is 5.41 Å². The van der Waals surface area contributed by atoms with Crippen LogP contribution in [0.15, 0.2) is 35.1 Å². The van der Waals surface area contributed by atoms with Gasteiger partial charge < -0.3 is 4.57 Å². The Morgan fingerprint density at radius 3 is 2.45 bits per heavy atom. The molecule has 4 rings (SSSR count). The Morgan fingerprint density at radius 1 is 1.18 bits per heavy atom. The van der Waals surface area contributed by atoms with Crippen LogP contribution < -0.4 is 0 Å². The SMILES string of the molecule is Cn1cnnc1C1(c2cccc(Br)c2)CC2(CC(F)(F)C2)C1. The number of halogens is 3. The van der Waals surface area contributed by atoms with Crippen LogP contribution in [0.1, 0.15) is 37.1 Å². The van der Waals surface area contributed by atoms with Crippen LogP contribution in [0.25, 0.3) is 0 Å². The zero-order chi connectivity index (χ0) is 15.6. The highest BCUT2D eigenvalue weighted by molar-refractivity contribution is 9.10. The second-order valence-electron chi connectivity index (χ2n) is 6.92. The number of aromatic nitrogens is 3. The molecule has 1 aromatic carbocycles. The Hall–Kier alpha value is -1.30. The molecule has 0 aliphatic heterocycles. The maximum atomic E-state index is 13.4. The molecular formula is C16H16BrF2N3. The average molecular weight is 368 g/mol. The van der Waals surface area contributed by atoms with E-state index in [1.54, 1.807) is 6.33 Å². The fourth-order valence-electron chi connectivity index (χ4n) is 4.52. The van der Waals surface area contributed by atoms with Crippen molar-refractivity contribution < 1.29 is 8.78 Å². The molecule has 2 aliphatic rings. The summed E-state index contributed by atoms with van der Waals surface area (Å²) in [5.41, 5.74) is 0.599. The predicted molar refractivity (Wildman–Crippen MR) is 81.8 cm³/mol. The lowest BCUT2D eigenvalue weighted by atomic mass is 9.42. The Balaban J connectivity index is 1.74. The predicted octanol–water partition coefficient (Wildman–Crippen LogP) is 4.07. The summed E-state index contributed by atoms with van der Waals surface area (Å²) in [4.78, 5) is 0. The topological polar surface area (TPSA) is 30.7 Å². The largest absolute Gasteiger partial charge is 0.320 e. The fraction of sp³-hybridized carbons (Fsp3) is 0.500. The van der Waals surface area contributed by atoms with Gasteiger partial charge in [-0.1, -0.05) is 28.1 Å². The summed E-state index contributed by atoms with van der Waals surface area (Å²) < 4.78 is 29.6. The monoisotopic (exact) mass is 367 g/mol. The van der Waals surface area contributed by atoms with Crippen LogP contribution in [-0.2, 0) is 12.5 Å². The van der Waals surface area contributed by atoms with Crippen LogP contribution in [0.2, 0.25) is 0 Å². The lowest BCUT2D eigenvalue weighted by molar-refractivity contribution is -0.209. The molecule has 0 radical (unpaired) electrons. The molecule has 2 fully saturated rings. The molecule has 1 spiro atoms. The van der Waals surface area contributed by atoms with E-state index in [1.165, 1.54) is 0 Å². The van der Waals surface area contributed by atoms with Crippen LogP contribution in [-0.4, -0.2) is 20.7 Å². The van der Waals surface area contributed by atoms with Crippen molar-refractivity contribution in [3.8, 4) is 0 Å². The normalized spacial score (nSPS) is 23.8. The second-order valence-corrected chi connectivity index (χ2v) is 7.84. The molecule has 0 atom stereocenters. The van der Waals surface area contributed by atoms with E-state index >= 15 is 0 Å². The van der Waals surface area contributed by atoms with Gasteiger partial charge in [0.15, 0.2) is 0 Å². The molecule has 2 saturated carbocycles. The molecule has 0 unspecified atom stereocenters. The van der Waals surface area contributed by atoms with Crippen LogP contribution in [0.3, 0.4) is 0 Å². The molecule has 3 nitrogen and oxygen atoms in total. The number of hydrogen-bond acceptors (Lipinski definition) is 2. The van der Waals surface area contributed by atoms with Crippen LogP contribution in [0, 0.1) is 5.41 Å². The van der Waals surface area contributed by atoms with Crippen molar-refractivity contribution in [2.45, 2.75) is 37.0 Å². The highest BCUT2D eigenvalue weighted by Crippen LogP contribution is 2.70. The summed E-state index contributed by atoms with van der Waals surface area (Å²) in [6.45, 7) is 0. The zero-order valence-electron chi connectivity index (χ0n) is 12.2. The number of alkyl halides is 2. The molecular weight excluding hydrogens is 352 g/mol. The van der Waals surface area contributed by atoms with E-state index < -0.39 is 5.92 Å². The van der Waals surface area contributed by atoms with Gasteiger partial charge in [0.25, 0.3) is 0 Å². The van der Waals surface area contributed by atoms with Crippen molar-refractivity contribution in [1.82, 2.24) is 14.8 Å². The standard InChI is InChI=1S/C16H16BrF2N3/c1-22-10-20-21-13(22)15(11-3-2-4-12(17)5-11)6-14(7-15)8-16(18,19)9-14/h2-5,10H,6-9H2,1H3. The van der Waals surface area contributed by atoms with Crippen LogP contribution in [0.5, 0.6) is 0 Å². The zero-order valence-corrected chi connectivity index (χ0v) is 13.8. The van der Waals surface area contributed by atoms with Crippen molar-refractivity contribution in [3.05, 3.63) is 46.5 Å². The molecule has 1 aromatic heterocycles. The van der Waals surface area contributed by atoms with Gasteiger partial charge >= 0.3 is 0 Å². The molecule has 22 heavy (non-hydrogen) atoms. The fourth-order valence-corrected chi connectivity index (χ4v) is 4.92. The maximum absolute atomic E-state index is 13.4. The highest BCUT2D eigenvalue weighted by atomic mass is 79.9. The Labute approximate surface area is 135 Å². The first-order valence-corrected chi connectivity index (χ1v) is 8.12. The van der Waals surface area contributed by atoms with Crippen molar-refractivity contribution >= 4 is 15.9 Å². The molecule has 0 amide bonds. The van der Waals surface area contributed by atoms with E-state index in [9.17, 15) is 8.78 Å². The average Bonchev–Trinajstić information content (AvgIpc) is 2.79. The number of hydrogen-bond donors (Lipinski definition) is 0. The minimum Gasteiger partial charge on any atom is -0.320 e. The Morgan fingerprint density at radius 2 is 1.91 bits per heavy atom. The van der Waals surface area contributed by atoms with Gasteiger partial charge in [0.2, 0.25) is 5.92 Å². The summed E-state index contributed by atoms with van der Waals surface area (Å²) in [6, 6.07) is 8.08. The first-order valence-electron chi connectivity index (χ1n) is 7.33. The van der Waals surface area contributed by atoms with Crippen molar-refractivity contribution in [3.63, 3.8) is 0 Å². The van der Waals surface area contributed by atoms with E-state index in [4.69, 9.17) is 0 Å². The number of rotatable bonds is 2. The summed E-state index contributed by atoms with van der Waals surface area (Å²) in [6.07, 6.45) is 3.13. The van der Waals surface area contributed by atoms with Gasteiger partial charge in [0.1, 0.15) is 12.2 Å². The minimum absolute atomic E-state index is 0.00754. The van der Waals surface area contributed by atoms with Crippen molar-refractivity contribution in [1.29, 1.82) is 0 Å². The Bertz CT molecular complexity index is 724. The van der Waals surface area contributed by atoms with E-state index in [0.29, 0.717) is 0 Å². The van der Waals surface area contributed by atoms with E-state index in [1.807, 2.05) is 23.7 Å².